The molecule has 1 amide bonds. The first-order chi connectivity index (χ1) is 13.2. The molecule has 0 aliphatic carbocycles. The standard InChI is InChI=1S/C19H27NO7S/c1-5-13(2)20(15-8-9-28(23,24)12-15)18(21)11-27-16-7-6-14(19(22)26-4)10-17(16)25-3/h6-7,10,13,15H,5,8-9,11-12H2,1-4H3/t13-,15+/m0/s1. The second-order valence-corrected chi connectivity index (χ2v) is 8.99. The van der Waals surface area contributed by atoms with Crippen molar-refractivity contribution in [3.63, 3.8) is 0 Å². The van der Waals surface area contributed by atoms with Gasteiger partial charge in [0.1, 0.15) is 0 Å². The summed E-state index contributed by atoms with van der Waals surface area (Å²) in [5.74, 6) is -0.0929. The van der Waals surface area contributed by atoms with E-state index in [-0.39, 0.29) is 36.1 Å². The third kappa shape index (κ3) is 5.15. The molecule has 1 saturated heterocycles. The normalized spacial score (nSPS) is 18.9. The fraction of sp³-hybridized carbons (Fsp3) is 0.579. The molecule has 0 aromatic heterocycles. The molecule has 0 bridgehead atoms. The Morgan fingerprint density at radius 3 is 2.50 bits per heavy atom. The molecule has 1 fully saturated rings. The first-order valence-electron chi connectivity index (χ1n) is 9.13. The van der Waals surface area contributed by atoms with Gasteiger partial charge in [-0.1, -0.05) is 6.92 Å². The minimum atomic E-state index is -3.11. The second-order valence-electron chi connectivity index (χ2n) is 6.76. The van der Waals surface area contributed by atoms with Gasteiger partial charge in [0.2, 0.25) is 0 Å². The molecule has 156 valence electrons. The van der Waals surface area contributed by atoms with Crippen molar-refractivity contribution in [3.05, 3.63) is 23.8 Å². The minimum Gasteiger partial charge on any atom is -0.493 e. The number of ether oxygens (including phenoxy) is 3. The Hall–Kier alpha value is -2.29. The van der Waals surface area contributed by atoms with Gasteiger partial charge < -0.3 is 19.1 Å². The lowest BCUT2D eigenvalue weighted by Crippen LogP contribution is -2.48. The van der Waals surface area contributed by atoms with E-state index in [0.29, 0.717) is 29.9 Å². The highest BCUT2D eigenvalue weighted by Crippen LogP contribution is 2.29. The van der Waals surface area contributed by atoms with E-state index in [1.165, 1.54) is 32.4 Å². The number of carbonyl (C=O) groups is 2. The van der Waals surface area contributed by atoms with E-state index in [9.17, 15) is 18.0 Å². The van der Waals surface area contributed by atoms with Crippen LogP contribution in [0.25, 0.3) is 0 Å². The van der Waals surface area contributed by atoms with E-state index in [1.807, 2.05) is 13.8 Å². The second kappa shape index (κ2) is 9.27. The summed E-state index contributed by atoms with van der Waals surface area (Å²) in [6.07, 6.45) is 1.15. The van der Waals surface area contributed by atoms with Crippen molar-refractivity contribution in [2.75, 3.05) is 32.3 Å². The Balaban J connectivity index is 2.13. The van der Waals surface area contributed by atoms with Crippen LogP contribution in [0.4, 0.5) is 0 Å². The number of hydrogen-bond acceptors (Lipinski definition) is 7. The summed E-state index contributed by atoms with van der Waals surface area (Å²) in [6.45, 7) is 3.59. The lowest BCUT2D eigenvalue weighted by atomic mass is 10.1. The molecule has 0 N–H and O–H groups in total. The Labute approximate surface area is 165 Å². The molecule has 0 unspecified atom stereocenters. The molecule has 0 spiro atoms. The zero-order valence-corrected chi connectivity index (χ0v) is 17.5. The number of sulfone groups is 1. The molecule has 2 atom stereocenters. The molecule has 1 aliphatic rings. The molecular formula is C19H27NO7S. The van der Waals surface area contributed by atoms with Gasteiger partial charge in [-0.05, 0) is 38.0 Å². The number of amides is 1. The highest BCUT2D eigenvalue weighted by Gasteiger charge is 2.36. The van der Waals surface area contributed by atoms with Crippen molar-refractivity contribution in [2.45, 2.75) is 38.8 Å². The molecule has 2 rings (SSSR count). The summed E-state index contributed by atoms with van der Waals surface area (Å²) in [5.41, 5.74) is 0.301. The molecule has 8 nitrogen and oxygen atoms in total. The summed E-state index contributed by atoms with van der Waals surface area (Å²) in [6, 6.07) is 4.09. The van der Waals surface area contributed by atoms with Crippen molar-refractivity contribution in [2.24, 2.45) is 0 Å². The SMILES string of the molecule is CC[C@H](C)N(C(=O)COc1ccc(C(=O)OC)cc1OC)[C@@H]1CCS(=O)(=O)C1. The van der Waals surface area contributed by atoms with E-state index in [1.54, 1.807) is 4.90 Å². The Bertz CT molecular complexity index is 822. The van der Waals surface area contributed by atoms with Crippen molar-refractivity contribution >= 4 is 21.7 Å². The summed E-state index contributed by atoms with van der Waals surface area (Å²) in [4.78, 5) is 26.1. The van der Waals surface area contributed by atoms with Gasteiger partial charge >= 0.3 is 5.97 Å². The molecule has 1 aromatic rings. The molecule has 1 aromatic carbocycles. The highest BCUT2D eigenvalue weighted by atomic mass is 32.2. The van der Waals surface area contributed by atoms with Gasteiger partial charge in [0.15, 0.2) is 27.9 Å². The van der Waals surface area contributed by atoms with Crippen LogP contribution in [-0.4, -0.2) is 69.6 Å². The summed E-state index contributed by atoms with van der Waals surface area (Å²) in [5, 5.41) is 0. The third-order valence-electron chi connectivity index (χ3n) is 4.89. The van der Waals surface area contributed by atoms with E-state index >= 15 is 0 Å². The fourth-order valence-corrected chi connectivity index (χ4v) is 4.96. The van der Waals surface area contributed by atoms with Crippen LogP contribution in [0.3, 0.4) is 0 Å². The number of hydrogen-bond donors (Lipinski definition) is 0. The number of methoxy groups -OCH3 is 2. The maximum atomic E-state index is 12.8. The molecule has 1 heterocycles. The Morgan fingerprint density at radius 2 is 1.96 bits per heavy atom. The van der Waals surface area contributed by atoms with Crippen LogP contribution < -0.4 is 9.47 Å². The van der Waals surface area contributed by atoms with Gasteiger partial charge in [-0.15, -0.1) is 0 Å². The highest BCUT2D eigenvalue weighted by molar-refractivity contribution is 7.91. The van der Waals surface area contributed by atoms with Crippen molar-refractivity contribution in [1.29, 1.82) is 0 Å². The van der Waals surface area contributed by atoms with Crippen LogP contribution in [-0.2, 0) is 19.4 Å². The Morgan fingerprint density at radius 1 is 1.25 bits per heavy atom. The Kier molecular flexibility index (Phi) is 7.29. The monoisotopic (exact) mass is 413 g/mol. The first kappa shape index (κ1) is 22.0. The predicted octanol–water partition coefficient (Wildman–Crippen LogP) is 1.67. The molecule has 0 saturated carbocycles. The van der Waals surface area contributed by atoms with Crippen LogP contribution in [0.15, 0.2) is 18.2 Å². The molecular weight excluding hydrogens is 386 g/mol. The van der Waals surface area contributed by atoms with Gasteiger partial charge in [-0.25, -0.2) is 13.2 Å². The summed E-state index contributed by atoms with van der Waals surface area (Å²) >= 11 is 0. The van der Waals surface area contributed by atoms with Gasteiger partial charge in [0.25, 0.3) is 5.91 Å². The van der Waals surface area contributed by atoms with E-state index in [4.69, 9.17) is 9.47 Å². The van der Waals surface area contributed by atoms with Crippen LogP contribution in [0.1, 0.15) is 37.0 Å². The number of nitrogens with zero attached hydrogens (tertiary/aromatic N) is 1. The largest absolute Gasteiger partial charge is 0.493 e. The zero-order valence-electron chi connectivity index (χ0n) is 16.6. The quantitative estimate of drug-likeness (QED) is 0.598. The van der Waals surface area contributed by atoms with Crippen LogP contribution in [0.2, 0.25) is 0 Å². The summed E-state index contributed by atoms with van der Waals surface area (Å²) < 4.78 is 39.2. The van der Waals surface area contributed by atoms with Crippen LogP contribution in [0, 0.1) is 0 Å². The van der Waals surface area contributed by atoms with Gasteiger partial charge in [-0.3, -0.25) is 4.79 Å². The maximum Gasteiger partial charge on any atom is 0.337 e. The number of carbonyl (C=O) groups excluding carboxylic acids is 2. The lowest BCUT2D eigenvalue weighted by molar-refractivity contribution is -0.137. The van der Waals surface area contributed by atoms with Crippen LogP contribution in [0.5, 0.6) is 11.5 Å². The molecule has 28 heavy (non-hydrogen) atoms. The number of esters is 1. The van der Waals surface area contributed by atoms with Crippen LogP contribution >= 0.6 is 0 Å². The zero-order chi connectivity index (χ0) is 20.9. The van der Waals surface area contributed by atoms with Crippen molar-refractivity contribution < 1.29 is 32.2 Å². The average molecular weight is 413 g/mol. The molecule has 0 radical (unpaired) electrons. The van der Waals surface area contributed by atoms with Gasteiger partial charge in [0.05, 0.1) is 31.3 Å². The fourth-order valence-electron chi connectivity index (χ4n) is 3.25. The van der Waals surface area contributed by atoms with E-state index in [0.717, 1.165) is 0 Å². The third-order valence-corrected chi connectivity index (χ3v) is 6.64. The minimum absolute atomic E-state index is 0.0137. The van der Waals surface area contributed by atoms with E-state index in [2.05, 4.69) is 4.74 Å². The van der Waals surface area contributed by atoms with Crippen molar-refractivity contribution in [1.82, 2.24) is 4.90 Å². The van der Waals surface area contributed by atoms with Crippen molar-refractivity contribution in [3.8, 4) is 11.5 Å². The molecule has 1 aliphatic heterocycles. The maximum absolute atomic E-state index is 12.8. The molecule has 9 heteroatoms. The summed E-state index contributed by atoms with van der Waals surface area (Å²) in [7, 11) is -0.395. The topological polar surface area (TPSA) is 99.2 Å². The number of rotatable bonds is 8. The van der Waals surface area contributed by atoms with Gasteiger partial charge in [-0.2, -0.15) is 0 Å². The lowest BCUT2D eigenvalue weighted by Gasteiger charge is -2.33. The predicted molar refractivity (Wildman–Crippen MR) is 103 cm³/mol. The average Bonchev–Trinajstić information content (AvgIpc) is 3.04. The van der Waals surface area contributed by atoms with E-state index < -0.39 is 15.8 Å². The van der Waals surface area contributed by atoms with Gasteiger partial charge in [0, 0.05) is 12.1 Å². The number of benzene rings is 1. The first-order valence-corrected chi connectivity index (χ1v) is 10.9. The smallest absolute Gasteiger partial charge is 0.337 e.